The molecule has 3 heteroatoms. The van der Waals surface area contributed by atoms with Crippen LogP contribution in [0.2, 0.25) is 0 Å². The van der Waals surface area contributed by atoms with E-state index in [1.165, 1.54) is 5.56 Å². The van der Waals surface area contributed by atoms with Crippen LogP contribution in [0.4, 0.5) is 0 Å². The number of piperidine rings is 1. The second-order valence-electron chi connectivity index (χ2n) is 7.69. The van der Waals surface area contributed by atoms with Crippen LogP contribution in [-0.2, 0) is 10.2 Å². The molecule has 3 rings (SSSR count). The van der Waals surface area contributed by atoms with Crippen LogP contribution < -0.4 is 10.6 Å². The Hall–Kier alpha value is -1.35. The minimum absolute atomic E-state index is 0.0624. The molecule has 1 aromatic rings. The summed E-state index contributed by atoms with van der Waals surface area (Å²) in [6, 6.07) is 10.6. The predicted octanol–water partition coefficient (Wildman–Crippen LogP) is 2.86. The number of amides is 1. The van der Waals surface area contributed by atoms with Crippen molar-refractivity contribution in [1.29, 1.82) is 0 Å². The standard InChI is InChI=1S/C19H28N2O/c1-14(18(2,3)15-7-5-4-6-8-15)21-17(22)16-13-19(16)9-11-20-12-10-19/h4-8,14,16,20H,9-13H2,1-3H3,(H,21,22). The van der Waals surface area contributed by atoms with Gasteiger partial charge in [-0.05, 0) is 50.3 Å². The Kier molecular flexibility index (Phi) is 4.02. The van der Waals surface area contributed by atoms with Crippen LogP contribution in [0.15, 0.2) is 30.3 Å². The van der Waals surface area contributed by atoms with Gasteiger partial charge in [0.15, 0.2) is 0 Å². The number of rotatable bonds is 4. The third kappa shape index (κ3) is 2.79. The Bertz CT molecular complexity index is 532. The minimum Gasteiger partial charge on any atom is -0.353 e. The van der Waals surface area contributed by atoms with Crippen molar-refractivity contribution in [1.82, 2.24) is 10.6 Å². The molecule has 3 nitrogen and oxygen atoms in total. The molecular formula is C19H28N2O. The molecule has 2 aliphatic rings. The third-order valence-electron chi connectivity index (χ3n) is 6.06. The molecule has 1 heterocycles. The van der Waals surface area contributed by atoms with Crippen molar-refractivity contribution in [2.75, 3.05) is 13.1 Å². The van der Waals surface area contributed by atoms with E-state index in [9.17, 15) is 4.79 Å². The van der Waals surface area contributed by atoms with Crippen molar-refractivity contribution in [2.24, 2.45) is 11.3 Å². The van der Waals surface area contributed by atoms with Gasteiger partial charge in [0.1, 0.15) is 0 Å². The van der Waals surface area contributed by atoms with Gasteiger partial charge in [0.25, 0.3) is 0 Å². The van der Waals surface area contributed by atoms with Crippen LogP contribution in [0, 0.1) is 11.3 Å². The predicted molar refractivity (Wildman–Crippen MR) is 89.7 cm³/mol. The Labute approximate surface area is 133 Å². The molecule has 1 saturated heterocycles. The highest BCUT2D eigenvalue weighted by Crippen LogP contribution is 2.58. The highest BCUT2D eigenvalue weighted by atomic mass is 16.2. The zero-order valence-corrected chi connectivity index (χ0v) is 14.0. The largest absolute Gasteiger partial charge is 0.353 e. The van der Waals surface area contributed by atoms with Crippen LogP contribution in [0.3, 0.4) is 0 Å². The van der Waals surface area contributed by atoms with E-state index in [0.717, 1.165) is 32.4 Å². The van der Waals surface area contributed by atoms with E-state index in [1.54, 1.807) is 0 Å². The maximum absolute atomic E-state index is 12.6. The first-order chi connectivity index (χ1) is 10.5. The summed E-state index contributed by atoms with van der Waals surface area (Å²) in [4.78, 5) is 12.6. The van der Waals surface area contributed by atoms with E-state index in [4.69, 9.17) is 0 Å². The van der Waals surface area contributed by atoms with Gasteiger partial charge in [-0.1, -0.05) is 44.2 Å². The molecule has 1 amide bonds. The molecule has 1 spiro atoms. The summed E-state index contributed by atoms with van der Waals surface area (Å²) in [5.74, 6) is 0.502. The van der Waals surface area contributed by atoms with E-state index in [-0.39, 0.29) is 23.3 Å². The summed E-state index contributed by atoms with van der Waals surface area (Å²) in [5, 5.41) is 6.69. The van der Waals surface area contributed by atoms with Crippen LogP contribution in [-0.4, -0.2) is 25.0 Å². The van der Waals surface area contributed by atoms with Gasteiger partial charge in [0.2, 0.25) is 5.91 Å². The molecule has 2 atom stereocenters. The lowest BCUT2D eigenvalue weighted by Crippen LogP contribution is -2.46. The van der Waals surface area contributed by atoms with Crippen LogP contribution in [0.5, 0.6) is 0 Å². The third-order valence-corrected chi connectivity index (χ3v) is 6.06. The van der Waals surface area contributed by atoms with Gasteiger partial charge >= 0.3 is 0 Å². The Morgan fingerprint density at radius 3 is 2.55 bits per heavy atom. The molecule has 0 radical (unpaired) electrons. The average Bonchev–Trinajstić information content (AvgIpc) is 3.22. The molecular weight excluding hydrogens is 272 g/mol. The normalized spacial score (nSPS) is 24.8. The second-order valence-corrected chi connectivity index (χ2v) is 7.69. The summed E-state index contributed by atoms with van der Waals surface area (Å²) in [6.07, 6.45) is 3.39. The summed E-state index contributed by atoms with van der Waals surface area (Å²) < 4.78 is 0. The van der Waals surface area contributed by atoms with Crippen molar-refractivity contribution >= 4 is 5.91 Å². The van der Waals surface area contributed by atoms with Gasteiger partial charge in [0, 0.05) is 17.4 Å². The average molecular weight is 300 g/mol. The van der Waals surface area contributed by atoms with E-state index in [0.29, 0.717) is 5.41 Å². The lowest BCUT2D eigenvalue weighted by atomic mass is 9.78. The molecule has 1 aliphatic carbocycles. The topological polar surface area (TPSA) is 41.1 Å². The zero-order chi connectivity index (χ0) is 15.8. The number of carbonyl (C=O) groups is 1. The second kappa shape index (κ2) is 5.69. The lowest BCUT2D eigenvalue weighted by Gasteiger charge is -2.33. The van der Waals surface area contributed by atoms with Crippen LogP contribution >= 0.6 is 0 Å². The van der Waals surface area contributed by atoms with E-state index < -0.39 is 0 Å². The molecule has 2 unspecified atom stereocenters. The highest BCUT2D eigenvalue weighted by molar-refractivity contribution is 5.83. The van der Waals surface area contributed by atoms with Gasteiger partial charge in [0.05, 0.1) is 0 Å². The van der Waals surface area contributed by atoms with Crippen LogP contribution in [0.1, 0.15) is 45.6 Å². The molecule has 1 aromatic carbocycles. The molecule has 2 N–H and O–H groups in total. The molecule has 2 fully saturated rings. The van der Waals surface area contributed by atoms with E-state index in [1.807, 2.05) is 6.07 Å². The van der Waals surface area contributed by atoms with Crippen molar-refractivity contribution in [3.63, 3.8) is 0 Å². The number of nitrogens with one attached hydrogen (secondary N) is 2. The molecule has 0 bridgehead atoms. The number of carbonyl (C=O) groups excluding carboxylic acids is 1. The van der Waals surface area contributed by atoms with Gasteiger partial charge in [-0.2, -0.15) is 0 Å². The maximum atomic E-state index is 12.6. The quantitative estimate of drug-likeness (QED) is 0.898. The first kappa shape index (κ1) is 15.5. The zero-order valence-electron chi connectivity index (χ0n) is 14.0. The summed E-state index contributed by atoms with van der Waals surface area (Å²) in [6.45, 7) is 8.67. The fraction of sp³-hybridized carbons (Fsp3) is 0.632. The number of benzene rings is 1. The van der Waals surface area contributed by atoms with Gasteiger partial charge in [-0.3, -0.25) is 4.79 Å². The fourth-order valence-electron chi connectivity index (χ4n) is 3.81. The van der Waals surface area contributed by atoms with Crippen molar-refractivity contribution < 1.29 is 4.79 Å². The first-order valence-electron chi connectivity index (χ1n) is 8.52. The molecule has 1 aliphatic heterocycles. The highest BCUT2D eigenvalue weighted by Gasteiger charge is 2.57. The Morgan fingerprint density at radius 1 is 1.27 bits per heavy atom. The van der Waals surface area contributed by atoms with E-state index in [2.05, 4.69) is 55.7 Å². The Balaban J connectivity index is 1.62. The summed E-state index contributed by atoms with van der Waals surface area (Å²) >= 11 is 0. The van der Waals surface area contributed by atoms with Crippen molar-refractivity contribution in [2.45, 2.75) is 51.5 Å². The molecule has 1 saturated carbocycles. The number of hydrogen-bond acceptors (Lipinski definition) is 2. The smallest absolute Gasteiger partial charge is 0.223 e. The SMILES string of the molecule is CC(NC(=O)C1CC12CCNCC2)C(C)(C)c1ccccc1. The Morgan fingerprint density at radius 2 is 1.91 bits per heavy atom. The monoisotopic (exact) mass is 300 g/mol. The van der Waals surface area contributed by atoms with Crippen LogP contribution in [0.25, 0.3) is 0 Å². The maximum Gasteiger partial charge on any atom is 0.223 e. The van der Waals surface area contributed by atoms with Crippen molar-refractivity contribution in [3.05, 3.63) is 35.9 Å². The summed E-state index contributed by atoms with van der Waals surface area (Å²) in [7, 11) is 0. The van der Waals surface area contributed by atoms with E-state index >= 15 is 0 Å². The summed E-state index contributed by atoms with van der Waals surface area (Å²) in [5.41, 5.74) is 1.52. The van der Waals surface area contributed by atoms with Gasteiger partial charge in [-0.25, -0.2) is 0 Å². The fourth-order valence-corrected chi connectivity index (χ4v) is 3.81. The molecule has 22 heavy (non-hydrogen) atoms. The molecule has 120 valence electrons. The lowest BCUT2D eigenvalue weighted by molar-refractivity contribution is -0.124. The minimum atomic E-state index is -0.0624. The van der Waals surface area contributed by atoms with Gasteiger partial charge in [-0.15, -0.1) is 0 Å². The van der Waals surface area contributed by atoms with Crippen molar-refractivity contribution in [3.8, 4) is 0 Å². The number of hydrogen-bond donors (Lipinski definition) is 2. The van der Waals surface area contributed by atoms with Gasteiger partial charge < -0.3 is 10.6 Å². The first-order valence-corrected chi connectivity index (χ1v) is 8.52. The molecule has 0 aromatic heterocycles.